The number of nitrogens with one attached hydrogen (secondary N) is 6. The Balaban J connectivity index is 1.13. The number of anilines is 2. The number of nitrogens with zero attached hydrogens (tertiary/aromatic N) is 4. The van der Waals surface area contributed by atoms with Gasteiger partial charge in [-0.1, -0.05) is 32.0 Å². The van der Waals surface area contributed by atoms with E-state index < -0.39 is 107 Å². The summed E-state index contributed by atoms with van der Waals surface area (Å²) in [6, 6.07) is 10.1. The van der Waals surface area contributed by atoms with Crippen molar-refractivity contribution in [1.82, 2.24) is 31.1 Å². The number of carbonyl (C=O) groups is 9. The highest BCUT2D eigenvalue weighted by Crippen LogP contribution is 2.57. The van der Waals surface area contributed by atoms with Crippen LogP contribution in [0, 0.1) is 5.92 Å². The molecule has 4 heterocycles. The van der Waals surface area contributed by atoms with Gasteiger partial charge in [0.1, 0.15) is 59.0 Å². The average Bonchev–Trinajstić information content (AvgIpc) is 1.65. The minimum Gasteiger partial charge on any atom is -0.456 e. The van der Waals surface area contributed by atoms with Crippen LogP contribution in [0.25, 0.3) is 0 Å². The normalized spacial score (nSPS) is 18.9. The number of aliphatic imine (C=N–C) groups is 2. The Kier molecular flexibility index (Phi) is 20.6. The highest BCUT2D eigenvalue weighted by molar-refractivity contribution is 6.02. The minimum absolute atomic E-state index is 0.0663. The summed E-state index contributed by atoms with van der Waals surface area (Å²) < 4.78 is 23.7. The summed E-state index contributed by atoms with van der Waals surface area (Å²) in [6.45, 7) is 15.9. The summed E-state index contributed by atoms with van der Waals surface area (Å²) >= 11 is 0. The number of fused-ring (bicyclic) bond motifs is 6. The maximum Gasteiger partial charge on any atom is 0.408 e. The molecule has 27 heteroatoms. The van der Waals surface area contributed by atoms with Crippen LogP contribution in [0.4, 0.5) is 21.0 Å². The van der Waals surface area contributed by atoms with Crippen molar-refractivity contribution in [3.05, 3.63) is 82.9 Å². The van der Waals surface area contributed by atoms with Crippen LogP contribution < -0.4 is 59.6 Å². The zero-order valence-corrected chi connectivity index (χ0v) is 50.7. The monoisotopic (exact) mass is 1210 g/mol. The van der Waals surface area contributed by atoms with Crippen molar-refractivity contribution >= 4 is 76.9 Å². The van der Waals surface area contributed by atoms with Gasteiger partial charge in [-0.3, -0.25) is 38.8 Å². The molecule has 0 aromatic heterocycles. The molecule has 3 aromatic carbocycles. The lowest BCUT2D eigenvalue weighted by molar-refractivity contribution is -0.141. The summed E-state index contributed by atoms with van der Waals surface area (Å²) in [5.74, 6) is -4.45. The van der Waals surface area contributed by atoms with Gasteiger partial charge in [0.2, 0.25) is 35.4 Å². The second-order valence-corrected chi connectivity index (χ2v) is 24.3. The van der Waals surface area contributed by atoms with Crippen molar-refractivity contribution < 1.29 is 62.1 Å². The van der Waals surface area contributed by atoms with Gasteiger partial charge in [-0.2, -0.15) is 0 Å². The van der Waals surface area contributed by atoms with E-state index in [2.05, 4.69) is 41.9 Å². The van der Waals surface area contributed by atoms with Gasteiger partial charge in [0, 0.05) is 66.4 Å². The van der Waals surface area contributed by atoms with E-state index in [-0.39, 0.29) is 92.6 Å². The molecular weight excluding hydrogens is 1120 g/mol. The summed E-state index contributed by atoms with van der Waals surface area (Å²) in [5.41, 5.74) is 21.1. The molecule has 0 aliphatic carbocycles. The van der Waals surface area contributed by atoms with Crippen LogP contribution in [0.15, 0.2) is 70.6 Å². The quantitative estimate of drug-likeness (QED) is 0.0239. The third-order valence-electron chi connectivity index (χ3n) is 14.8. The van der Waals surface area contributed by atoms with Crippen molar-refractivity contribution in [3.63, 3.8) is 0 Å². The molecule has 3 aromatic rings. The molecule has 87 heavy (non-hydrogen) atoms. The topological polar surface area (TPSA) is 398 Å². The average molecular weight is 1210 g/mol. The molecular formula is C60H82N14O13. The number of hydrogen-bond donors (Lipinski definition) is 10. The van der Waals surface area contributed by atoms with Crippen molar-refractivity contribution in [2.45, 2.75) is 167 Å². The lowest BCUT2D eigenvalue weighted by atomic mass is 9.77. The number of ether oxygens (including phenoxy) is 4. The molecule has 14 N–H and O–H groups in total. The summed E-state index contributed by atoms with van der Waals surface area (Å²) in [7, 11) is 0. The van der Waals surface area contributed by atoms with Crippen LogP contribution in [0.3, 0.4) is 0 Å². The van der Waals surface area contributed by atoms with Gasteiger partial charge in [0.05, 0.1) is 5.56 Å². The number of amides is 8. The first-order valence-electron chi connectivity index (χ1n) is 29.2. The molecule has 1 spiro atoms. The zero-order chi connectivity index (χ0) is 63.7. The Morgan fingerprint density at radius 2 is 1.09 bits per heavy atom. The molecule has 4 aliphatic heterocycles. The van der Waals surface area contributed by atoms with E-state index in [0.717, 1.165) is 0 Å². The highest BCUT2D eigenvalue weighted by Gasteiger charge is 2.54. The number of nitrogens with two attached hydrogens (primary N) is 4. The van der Waals surface area contributed by atoms with Crippen LogP contribution in [0.5, 0.6) is 11.5 Å². The second-order valence-electron chi connectivity index (χ2n) is 24.3. The number of benzene rings is 3. The predicted octanol–water partition coefficient (Wildman–Crippen LogP) is 3.65. The molecule has 27 nitrogen and oxygen atoms in total. The Bertz CT molecular complexity index is 3180. The van der Waals surface area contributed by atoms with E-state index in [4.69, 9.17) is 41.9 Å². The van der Waals surface area contributed by atoms with E-state index >= 15 is 0 Å². The van der Waals surface area contributed by atoms with Crippen molar-refractivity contribution in [3.8, 4) is 11.5 Å². The van der Waals surface area contributed by atoms with Crippen LogP contribution in [-0.2, 0) is 48.6 Å². The standard InChI is InChI=1S/C60H82N14O13/c1-32(2)46(72-57(83)87-59(7,8)9)52(80)74-29-15-21-43(74)50(78)71-41(19-13-27-66-55(63)64)48(76)69-35-23-25-39-45(31-35)84-44-30-34(22-24-38(44)60(39)37-17-11-10-16-36(37)53(81)85-60)68-47(75)40(18-12-26-65-54(61)62)70-49(77)42-20-14-28-73(42)51(79)33(3)67-56(82)86-58(4,5)6/h10-11,16-17,22-25,30-33,40-43,46H,12-15,18-21,26-29H2,1-9H3,(H,67,82)(H,68,75)(H,69,76)(H,70,77)(H,71,78)(H,72,83)(H4,61,62,65)(H4,63,64,66)/t33-,40-,41-,42?,43?,46-,60?/m0/s1. The molecule has 0 radical (unpaired) electrons. The number of alkyl carbamates (subject to hydrolysis) is 2. The maximum absolute atomic E-state index is 14.5. The third-order valence-corrected chi connectivity index (χ3v) is 14.8. The lowest BCUT2D eigenvalue weighted by Crippen LogP contribution is -2.57. The van der Waals surface area contributed by atoms with Gasteiger partial charge in [-0.15, -0.1) is 0 Å². The Morgan fingerprint density at radius 1 is 0.632 bits per heavy atom. The first kappa shape index (κ1) is 65.4. The van der Waals surface area contributed by atoms with Crippen LogP contribution in [-0.4, -0.2) is 149 Å². The van der Waals surface area contributed by atoms with Gasteiger partial charge in [0.25, 0.3) is 0 Å². The van der Waals surface area contributed by atoms with Gasteiger partial charge >= 0.3 is 18.2 Å². The van der Waals surface area contributed by atoms with Crippen molar-refractivity contribution in [1.29, 1.82) is 0 Å². The van der Waals surface area contributed by atoms with Crippen molar-refractivity contribution in [2.24, 2.45) is 38.8 Å². The van der Waals surface area contributed by atoms with E-state index in [1.807, 2.05) is 0 Å². The minimum atomic E-state index is -1.59. The molecule has 2 fully saturated rings. The number of rotatable bonds is 21. The largest absolute Gasteiger partial charge is 0.456 e. The third kappa shape index (κ3) is 16.2. The number of likely N-dealkylation sites (tertiary alicyclic amines) is 2. The molecule has 8 amide bonds. The number of esters is 1. The molecule has 4 aliphatic rings. The number of hydrogen-bond acceptors (Lipinski definition) is 15. The highest BCUT2D eigenvalue weighted by atomic mass is 16.6. The molecule has 2 saturated heterocycles. The molecule has 0 bridgehead atoms. The van der Waals surface area contributed by atoms with Gasteiger partial charge in [0.15, 0.2) is 17.5 Å². The smallest absolute Gasteiger partial charge is 0.408 e. The van der Waals surface area contributed by atoms with Crippen LogP contribution >= 0.6 is 0 Å². The van der Waals surface area contributed by atoms with E-state index in [1.165, 1.54) is 28.9 Å². The van der Waals surface area contributed by atoms with Gasteiger partial charge < -0.3 is 83.6 Å². The predicted molar refractivity (Wildman–Crippen MR) is 322 cm³/mol. The fourth-order valence-electron chi connectivity index (χ4n) is 10.9. The van der Waals surface area contributed by atoms with Crippen LogP contribution in [0.1, 0.15) is 141 Å². The zero-order valence-electron chi connectivity index (χ0n) is 50.7. The van der Waals surface area contributed by atoms with Gasteiger partial charge in [-0.25, -0.2) is 14.4 Å². The van der Waals surface area contributed by atoms with E-state index in [9.17, 15) is 43.2 Å². The molecule has 470 valence electrons. The number of carbonyl (C=O) groups excluding carboxylic acids is 9. The van der Waals surface area contributed by atoms with Crippen LogP contribution in [0.2, 0.25) is 0 Å². The molecule has 3 unspecified atom stereocenters. The molecule has 7 atom stereocenters. The first-order valence-corrected chi connectivity index (χ1v) is 29.2. The lowest BCUT2D eigenvalue weighted by Gasteiger charge is -2.37. The van der Waals surface area contributed by atoms with E-state index in [1.54, 1.807) is 104 Å². The maximum atomic E-state index is 14.5. The first-order chi connectivity index (χ1) is 41.0. The number of guanidine groups is 2. The summed E-state index contributed by atoms with van der Waals surface area (Å²) in [6.07, 6.45) is 0.639. The Hall–Kier alpha value is -9.17. The SMILES string of the molecule is CC(C)[C@H](NC(=O)OC(C)(C)C)C(=O)N1CCCC1C(=O)N[C@@H](CCCN=C(N)N)C(=O)Nc1ccc2c(c1)Oc1cc(NC(=O)[C@H](CCCN=C(N)N)NC(=O)C3CCCN3C(=O)[C@H](C)NC(=O)OC(C)(C)C)ccc1C21OC(=O)c2ccccc21. The summed E-state index contributed by atoms with van der Waals surface area (Å²) in [4.78, 5) is 135. The van der Waals surface area contributed by atoms with E-state index in [0.29, 0.717) is 47.9 Å². The van der Waals surface area contributed by atoms with Crippen molar-refractivity contribution in [2.75, 3.05) is 36.8 Å². The summed E-state index contributed by atoms with van der Waals surface area (Å²) in [5, 5.41) is 16.7. The van der Waals surface area contributed by atoms with Gasteiger partial charge in [-0.05, 0) is 136 Å². The Morgan fingerprint density at radius 3 is 1.55 bits per heavy atom. The molecule has 0 saturated carbocycles. The molecule has 7 rings (SSSR count). The fraction of sp³-hybridized carbons (Fsp3) is 0.517. The Labute approximate surface area is 505 Å². The fourth-order valence-corrected chi connectivity index (χ4v) is 10.9. The second kappa shape index (κ2) is 27.5.